The van der Waals surface area contributed by atoms with Crippen molar-refractivity contribution in [2.75, 3.05) is 63.7 Å². The molecule has 3 aromatic rings. The maximum atomic E-state index is 13.8. The summed E-state index contributed by atoms with van der Waals surface area (Å²) in [5.74, 6) is -1.33. The second-order valence-electron chi connectivity index (χ2n) is 8.81. The lowest BCUT2D eigenvalue weighted by atomic mass is 10.0. The molecule has 1 aliphatic heterocycles. The van der Waals surface area contributed by atoms with Crippen LogP contribution in [-0.4, -0.2) is 74.3 Å². The van der Waals surface area contributed by atoms with Crippen molar-refractivity contribution in [2.24, 2.45) is 0 Å². The molecule has 4 rings (SSSR count). The lowest BCUT2D eigenvalue weighted by Gasteiger charge is -2.28. The molecule has 1 atom stereocenters. The summed E-state index contributed by atoms with van der Waals surface area (Å²) in [6.07, 6.45) is 1.71. The number of halogens is 2. The van der Waals surface area contributed by atoms with Crippen molar-refractivity contribution in [3.05, 3.63) is 59.3 Å². The molecule has 1 fully saturated rings. The highest BCUT2D eigenvalue weighted by atomic mass is 19.2. The third-order valence-corrected chi connectivity index (χ3v) is 5.88. The molecule has 35 heavy (non-hydrogen) atoms. The lowest BCUT2D eigenvalue weighted by Crippen LogP contribution is -2.36. The number of likely N-dealkylation sites (N-methyl/N-ethyl adjacent to an activating group) is 1. The van der Waals surface area contributed by atoms with E-state index >= 15 is 0 Å². The van der Waals surface area contributed by atoms with E-state index in [-0.39, 0.29) is 11.9 Å². The van der Waals surface area contributed by atoms with Crippen LogP contribution in [0.5, 0.6) is 0 Å². The number of hydrogen-bond donors (Lipinski definition) is 2. The maximum Gasteiger partial charge on any atom is 0.251 e. The van der Waals surface area contributed by atoms with Crippen LogP contribution in [0.4, 0.5) is 20.3 Å². The first-order chi connectivity index (χ1) is 16.8. The molecule has 1 saturated heterocycles. The van der Waals surface area contributed by atoms with Gasteiger partial charge in [-0.2, -0.15) is 0 Å². The van der Waals surface area contributed by atoms with Crippen LogP contribution < -0.4 is 15.5 Å². The summed E-state index contributed by atoms with van der Waals surface area (Å²) in [6, 6.07) is 6.79. The number of amides is 1. The number of nitrogens with one attached hydrogen (secondary N) is 2. The topological polar surface area (TPSA) is 82.6 Å². The largest absolute Gasteiger partial charge is 0.378 e. The number of carbonyl (C=O) groups excluding carboxylic acids is 1. The maximum absolute atomic E-state index is 13.8. The quantitative estimate of drug-likeness (QED) is 0.508. The van der Waals surface area contributed by atoms with Gasteiger partial charge in [-0.25, -0.2) is 13.8 Å². The van der Waals surface area contributed by atoms with Gasteiger partial charge in [0, 0.05) is 49.1 Å². The Bertz CT molecular complexity index is 1200. The molecule has 8 nitrogen and oxygen atoms in total. The zero-order valence-corrected chi connectivity index (χ0v) is 20.1. The number of rotatable bonds is 8. The number of ether oxygens (including phenoxy) is 1. The Morgan fingerprint density at radius 3 is 2.66 bits per heavy atom. The van der Waals surface area contributed by atoms with Crippen LogP contribution in [0.1, 0.15) is 28.9 Å². The average molecular weight is 485 g/mol. The van der Waals surface area contributed by atoms with Crippen molar-refractivity contribution in [1.82, 2.24) is 20.2 Å². The SMILES string of the molecule is CC(Nc1ccc(F)c(F)c1)c1cc(C(=O)NCCN(C)C)cc2ncc(N3CCOCC3)nc12. The number of carbonyl (C=O) groups is 1. The number of anilines is 2. The summed E-state index contributed by atoms with van der Waals surface area (Å²) in [7, 11) is 3.88. The molecular formula is C25H30F2N6O2. The lowest BCUT2D eigenvalue weighted by molar-refractivity contribution is 0.0951. The molecule has 2 N–H and O–H groups in total. The first kappa shape index (κ1) is 24.7. The number of morpholine rings is 1. The van der Waals surface area contributed by atoms with Crippen LogP contribution in [-0.2, 0) is 4.74 Å². The Kier molecular flexibility index (Phi) is 7.72. The molecule has 0 radical (unpaired) electrons. The first-order valence-corrected chi connectivity index (χ1v) is 11.6. The zero-order valence-electron chi connectivity index (χ0n) is 20.1. The minimum absolute atomic E-state index is 0.214. The van der Waals surface area contributed by atoms with Crippen LogP contribution in [0, 0.1) is 11.6 Å². The second kappa shape index (κ2) is 10.9. The first-order valence-electron chi connectivity index (χ1n) is 11.6. The molecule has 1 unspecified atom stereocenters. The molecule has 10 heteroatoms. The summed E-state index contributed by atoms with van der Waals surface area (Å²) in [5, 5.41) is 6.12. The van der Waals surface area contributed by atoms with Gasteiger partial charge >= 0.3 is 0 Å². The smallest absolute Gasteiger partial charge is 0.251 e. The van der Waals surface area contributed by atoms with E-state index in [4.69, 9.17) is 9.72 Å². The number of benzene rings is 2. The third-order valence-electron chi connectivity index (χ3n) is 5.88. The molecule has 1 aliphatic rings. The van der Waals surface area contributed by atoms with Gasteiger partial charge in [0.25, 0.3) is 5.91 Å². The van der Waals surface area contributed by atoms with E-state index in [1.54, 1.807) is 18.3 Å². The van der Waals surface area contributed by atoms with Gasteiger partial charge in [0.05, 0.1) is 36.5 Å². The normalized spacial score (nSPS) is 14.9. The van der Waals surface area contributed by atoms with Gasteiger partial charge in [-0.05, 0) is 45.3 Å². The highest BCUT2D eigenvalue weighted by Crippen LogP contribution is 2.29. The number of fused-ring (bicyclic) bond motifs is 1. The number of nitrogens with zero attached hydrogens (tertiary/aromatic N) is 4. The van der Waals surface area contributed by atoms with Gasteiger partial charge in [0.15, 0.2) is 11.6 Å². The predicted octanol–water partition coefficient (Wildman–Crippen LogP) is 3.21. The van der Waals surface area contributed by atoms with E-state index < -0.39 is 11.6 Å². The molecular weight excluding hydrogens is 454 g/mol. The van der Waals surface area contributed by atoms with Gasteiger partial charge in [-0.1, -0.05) is 0 Å². The van der Waals surface area contributed by atoms with Gasteiger partial charge in [0.2, 0.25) is 0 Å². The summed E-state index contributed by atoms with van der Waals surface area (Å²) >= 11 is 0. The van der Waals surface area contributed by atoms with Gasteiger partial charge in [0.1, 0.15) is 5.82 Å². The number of aromatic nitrogens is 2. The van der Waals surface area contributed by atoms with Crippen LogP contribution in [0.2, 0.25) is 0 Å². The van der Waals surface area contributed by atoms with E-state index in [0.29, 0.717) is 61.7 Å². The monoisotopic (exact) mass is 484 g/mol. The molecule has 2 aromatic carbocycles. The Morgan fingerprint density at radius 2 is 1.94 bits per heavy atom. The van der Waals surface area contributed by atoms with Gasteiger partial charge in [-0.3, -0.25) is 9.78 Å². The Labute approximate surface area is 203 Å². The highest BCUT2D eigenvalue weighted by molar-refractivity contribution is 5.98. The zero-order chi connectivity index (χ0) is 24.9. The van der Waals surface area contributed by atoms with Crippen molar-refractivity contribution in [2.45, 2.75) is 13.0 Å². The molecule has 0 aliphatic carbocycles. The fraction of sp³-hybridized carbons (Fsp3) is 0.400. The number of hydrogen-bond acceptors (Lipinski definition) is 7. The summed E-state index contributed by atoms with van der Waals surface area (Å²) < 4.78 is 32.6. The fourth-order valence-electron chi connectivity index (χ4n) is 3.95. The van der Waals surface area contributed by atoms with Crippen molar-refractivity contribution in [3.8, 4) is 0 Å². The van der Waals surface area contributed by atoms with Crippen molar-refractivity contribution in [1.29, 1.82) is 0 Å². The van der Waals surface area contributed by atoms with E-state index in [2.05, 4.69) is 20.5 Å². The van der Waals surface area contributed by atoms with Crippen molar-refractivity contribution >= 4 is 28.4 Å². The third kappa shape index (κ3) is 6.01. The van der Waals surface area contributed by atoms with Crippen molar-refractivity contribution < 1.29 is 18.3 Å². The van der Waals surface area contributed by atoms with Crippen LogP contribution in [0.3, 0.4) is 0 Å². The minimum Gasteiger partial charge on any atom is -0.378 e. The second-order valence-corrected chi connectivity index (χ2v) is 8.81. The minimum atomic E-state index is -0.935. The molecule has 186 valence electrons. The Balaban J connectivity index is 1.70. The van der Waals surface area contributed by atoms with E-state index in [9.17, 15) is 13.6 Å². The highest BCUT2D eigenvalue weighted by Gasteiger charge is 2.20. The van der Waals surface area contributed by atoms with Crippen molar-refractivity contribution in [3.63, 3.8) is 0 Å². The Morgan fingerprint density at radius 1 is 1.17 bits per heavy atom. The van der Waals surface area contributed by atoms with E-state index in [1.807, 2.05) is 25.9 Å². The summed E-state index contributed by atoms with van der Waals surface area (Å²) in [6.45, 7) is 5.76. The summed E-state index contributed by atoms with van der Waals surface area (Å²) in [4.78, 5) is 26.5. The molecule has 2 heterocycles. The fourth-order valence-corrected chi connectivity index (χ4v) is 3.95. The molecule has 1 amide bonds. The van der Waals surface area contributed by atoms with E-state index in [0.717, 1.165) is 23.5 Å². The Hall–Kier alpha value is -3.37. The predicted molar refractivity (Wildman–Crippen MR) is 132 cm³/mol. The molecule has 0 spiro atoms. The average Bonchev–Trinajstić information content (AvgIpc) is 2.85. The van der Waals surface area contributed by atoms with E-state index in [1.165, 1.54) is 6.07 Å². The van der Waals surface area contributed by atoms with Crippen LogP contribution >= 0.6 is 0 Å². The molecule has 1 aromatic heterocycles. The summed E-state index contributed by atoms with van der Waals surface area (Å²) in [5.41, 5.74) is 2.83. The van der Waals surface area contributed by atoms with Gasteiger partial charge in [-0.15, -0.1) is 0 Å². The standard InChI is InChI=1S/C25H30F2N6O2/c1-16(30-18-4-5-20(26)21(27)14-18)19-12-17(25(34)28-6-7-32(2)3)13-22-24(19)31-23(15-29-22)33-8-10-35-11-9-33/h4-5,12-16,30H,6-11H2,1-3H3,(H,28,34). The molecule has 0 bridgehead atoms. The van der Waals surface area contributed by atoms with Crippen LogP contribution in [0.15, 0.2) is 36.5 Å². The van der Waals surface area contributed by atoms with Crippen LogP contribution in [0.25, 0.3) is 11.0 Å². The molecule has 0 saturated carbocycles. The van der Waals surface area contributed by atoms with Gasteiger partial charge < -0.3 is 25.2 Å².